The third-order valence-corrected chi connectivity index (χ3v) is 5.47. The number of rotatable bonds is 4. The fraction of sp³-hybridized carbons (Fsp3) is 0.412. The molecule has 23 heavy (non-hydrogen) atoms. The van der Waals surface area contributed by atoms with Gasteiger partial charge in [0.15, 0.2) is 0 Å². The lowest BCUT2D eigenvalue weighted by atomic mass is 10.1. The largest absolute Gasteiger partial charge is 0.460 e. The standard InChI is InChI=1S/C17H16Cl2O4/c1-3-10-4-5-12-11(7-14(20)23-13(12)6-10)8-22-15(21)16(2)9-17(16,18)19/h4-7H,3,8-9H2,1-2H3/t16-/m1/s1. The minimum absolute atomic E-state index is 0.0220. The third-order valence-electron chi connectivity index (χ3n) is 4.37. The van der Waals surface area contributed by atoms with Gasteiger partial charge in [-0.25, -0.2) is 4.79 Å². The van der Waals surface area contributed by atoms with Gasteiger partial charge >= 0.3 is 11.6 Å². The van der Waals surface area contributed by atoms with Gasteiger partial charge in [-0.1, -0.05) is 19.1 Å². The zero-order valence-corrected chi connectivity index (χ0v) is 14.3. The van der Waals surface area contributed by atoms with Crippen LogP contribution in [-0.2, 0) is 22.6 Å². The number of benzene rings is 1. The summed E-state index contributed by atoms with van der Waals surface area (Å²) < 4.78 is 9.48. The molecule has 2 aromatic rings. The molecule has 0 amide bonds. The first-order chi connectivity index (χ1) is 10.8. The summed E-state index contributed by atoms with van der Waals surface area (Å²) in [6, 6.07) is 6.99. The van der Waals surface area contributed by atoms with Crippen molar-refractivity contribution in [3.63, 3.8) is 0 Å². The van der Waals surface area contributed by atoms with Crippen molar-refractivity contribution in [3.05, 3.63) is 45.8 Å². The van der Waals surface area contributed by atoms with Gasteiger partial charge in [0, 0.05) is 23.4 Å². The molecule has 0 unspecified atom stereocenters. The molecule has 0 bridgehead atoms. The van der Waals surface area contributed by atoms with E-state index in [-0.39, 0.29) is 6.61 Å². The van der Waals surface area contributed by atoms with Crippen LogP contribution in [0, 0.1) is 5.41 Å². The molecule has 1 aliphatic carbocycles. The smallest absolute Gasteiger partial charge is 0.336 e. The zero-order chi connectivity index (χ0) is 16.8. The monoisotopic (exact) mass is 354 g/mol. The van der Waals surface area contributed by atoms with E-state index in [1.54, 1.807) is 6.92 Å². The molecule has 0 radical (unpaired) electrons. The van der Waals surface area contributed by atoms with Crippen molar-refractivity contribution in [1.29, 1.82) is 0 Å². The highest BCUT2D eigenvalue weighted by Gasteiger charge is 2.69. The summed E-state index contributed by atoms with van der Waals surface area (Å²) in [5.74, 6) is -0.464. The second-order valence-electron chi connectivity index (χ2n) is 6.06. The molecular weight excluding hydrogens is 339 g/mol. The normalized spacial score (nSPS) is 22.1. The van der Waals surface area contributed by atoms with Crippen LogP contribution in [0.1, 0.15) is 31.4 Å². The number of aryl methyl sites for hydroxylation is 1. The maximum atomic E-state index is 12.1. The van der Waals surface area contributed by atoms with Crippen LogP contribution >= 0.6 is 23.2 Å². The summed E-state index contributed by atoms with van der Waals surface area (Å²) >= 11 is 12.0. The number of carbonyl (C=O) groups excluding carboxylic acids is 1. The van der Waals surface area contributed by atoms with Gasteiger partial charge in [-0.05, 0) is 25.0 Å². The Morgan fingerprint density at radius 2 is 2.04 bits per heavy atom. The lowest BCUT2D eigenvalue weighted by Crippen LogP contribution is -2.21. The predicted molar refractivity (Wildman–Crippen MR) is 88.8 cm³/mol. The first kappa shape index (κ1) is 16.3. The minimum atomic E-state index is -1.07. The number of alkyl halides is 2. The van der Waals surface area contributed by atoms with Gasteiger partial charge in [0.05, 0.1) is 0 Å². The van der Waals surface area contributed by atoms with Gasteiger partial charge in [-0.15, -0.1) is 23.2 Å². The van der Waals surface area contributed by atoms with Crippen LogP contribution in [0.4, 0.5) is 0 Å². The fourth-order valence-corrected chi connectivity index (χ4v) is 3.23. The molecule has 1 aliphatic rings. The number of esters is 1. The lowest BCUT2D eigenvalue weighted by Gasteiger charge is -2.12. The van der Waals surface area contributed by atoms with Crippen LogP contribution in [0.15, 0.2) is 33.5 Å². The first-order valence-corrected chi connectivity index (χ1v) is 8.13. The Bertz CT molecular complexity index is 840. The van der Waals surface area contributed by atoms with Crippen LogP contribution in [0.25, 0.3) is 11.0 Å². The van der Waals surface area contributed by atoms with Crippen molar-refractivity contribution in [2.45, 2.75) is 37.6 Å². The fourth-order valence-electron chi connectivity index (χ4n) is 2.54. The summed E-state index contributed by atoms with van der Waals surface area (Å²) in [5.41, 5.74) is 0.796. The maximum Gasteiger partial charge on any atom is 0.336 e. The highest BCUT2D eigenvalue weighted by Crippen LogP contribution is 2.64. The molecule has 6 heteroatoms. The van der Waals surface area contributed by atoms with E-state index < -0.39 is 21.3 Å². The number of fused-ring (bicyclic) bond motifs is 1. The number of ether oxygens (including phenoxy) is 1. The zero-order valence-electron chi connectivity index (χ0n) is 12.8. The van der Waals surface area contributed by atoms with Gasteiger partial charge in [-0.2, -0.15) is 0 Å². The second-order valence-corrected chi connectivity index (χ2v) is 7.55. The summed E-state index contributed by atoms with van der Waals surface area (Å²) in [6.07, 6.45) is 1.20. The van der Waals surface area contributed by atoms with Crippen LogP contribution in [0.5, 0.6) is 0 Å². The number of hydrogen-bond acceptors (Lipinski definition) is 4. The van der Waals surface area contributed by atoms with Gasteiger partial charge in [0.1, 0.15) is 21.9 Å². The maximum absolute atomic E-state index is 12.1. The Kier molecular flexibility index (Phi) is 3.93. The van der Waals surface area contributed by atoms with Crippen molar-refractivity contribution < 1.29 is 13.9 Å². The molecule has 1 atom stereocenters. The molecule has 0 spiro atoms. The summed E-state index contributed by atoms with van der Waals surface area (Å²) in [5, 5.41) is 0.749. The minimum Gasteiger partial charge on any atom is -0.460 e. The van der Waals surface area contributed by atoms with E-state index in [9.17, 15) is 9.59 Å². The van der Waals surface area contributed by atoms with Gasteiger partial charge < -0.3 is 9.15 Å². The van der Waals surface area contributed by atoms with Crippen molar-refractivity contribution in [3.8, 4) is 0 Å². The molecule has 3 rings (SSSR count). The number of halogens is 2. The molecular formula is C17H16Cl2O4. The summed E-state index contributed by atoms with van der Waals surface area (Å²) in [6.45, 7) is 3.66. The van der Waals surface area contributed by atoms with Crippen molar-refractivity contribution in [2.24, 2.45) is 5.41 Å². The molecule has 122 valence electrons. The van der Waals surface area contributed by atoms with Crippen molar-refractivity contribution in [2.75, 3.05) is 0 Å². The predicted octanol–water partition coefficient (Wildman–Crippen LogP) is 3.98. The summed E-state index contributed by atoms with van der Waals surface area (Å²) in [4.78, 5) is 23.9. The summed E-state index contributed by atoms with van der Waals surface area (Å²) in [7, 11) is 0. The van der Waals surface area contributed by atoms with E-state index in [1.165, 1.54) is 6.07 Å². The molecule has 0 saturated heterocycles. The van der Waals surface area contributed by atoms with Gasteiger partial charge in [0.25, 0.3) is 0 Å². The van der Waals surface area contributed by atoms with E-state index in [1.807, 2.05) is 25.1 Å². The van der Waals surface area contributed by atoms with Crippen LogP contribution < -0.4 is 5.63 Å². The second kappa shape index (κ2) is 5.53. The molecule has 1 fully saturated rings. The quantitative estimate of drug-likeness (QED) is 0.473. The molecule has 1 aromatic carbocycles. The Morgan fingerprint density at radius 3 is 2.65 bits per heavy atom. The van der Waals surface area contributed by atoms with E-state index in [0.29, 0.717) is 17.6 Å². The average molecular weight is 355 g/mol. The van der Waals surface area contributed by atoms with Gasteiger partial charge in [-0.3, -0.25) is 4.79 Å². The highest BCUT2D eigenvalue weighted by molar-refractivity contribution is 6.53. The SMILES string of the molecule is CCc1ccc2c(COC(=O)[C@@]3(C)CC3(Cl)Cl)cc(=O)oc2c1. The lowest BCUT2D eigenvalue weighted by molar-refractivity contribution is -0.150. The number of carbonyl (C=O) groups is 1. The van der Waals surface area contributed by atoms with Crippen LogP contribution in [0.2, 0.25) is 0 Å². The first-order valence-electron chi connectivity index (χ1n) is 7.37. The van der Waals surface area contributed by atoms with E-state index in [0.717, 1.165) is 17.4 Å². The topological polar surface area (TPSA) is 56.5 Å². The van der Waals surface area contributed by atoms with E-state index in [4.69, 9.17) is 32.4 Å². The van der Waals surface area contributed by atoms with E-state index in [2.05, 4.69) is 0 Å². The third kappa shape index (κ3) is 2.86. The molecule has 0 aliphatic heterocycles. The Morgan fingerprint density at radius 1 is 1.35 bits per heavy atom. The van der Waals surface area contributed by atoms with Crippen molar-refractivity contribution in [1.82, 2.24) is 0 Å². The van der Waals surface area contributed by atoms with E-state index >= 15 is 0 Å². The molecule has 0 N–H and O–H groups in total. The number of hydrogen-bond donors (Lipinski definition) is 0. The average Bonchev–Trinajstić information content (AvgIpc) is 3.03. The Hall–Kier alpha value is -1.52. The molecule has 4 nitrogen and oxygen atoms in total. The van der Waals surface area contributed by atoms with Crippen LogP contribution in [0.3, 0.4) is 0 Å². The molecule has 1 aromatic heterocycles. The molecule has 1 heterocycles. The van der Waals surface area contributed by atoms with Crippen LogP contribution in [-0.4, -0.2) is 10.3 Å². The van der Waals surface area contributed by atoms with Gasteiger partial charge in [0.2, 0.25) is 0 Å². The highest BCUT2D eigenvalue weighted by atomic mass is 35.5. The Labute approximate surface area is 143 Å². The van der Waals surface area contributed by atoms with Crippen molar-refractivity contribution >= 4 is 40.1 Å². The molecule has 1 saturated carbocycles. The Balaban J connectivity index is 1.86.